The molecule has 2 atom stereocenters. The summed E-state index contributed by atoms with van der Waals surface area (Å²) in [7, 11) is 0. The van der Waals surface area contributed by atoms with Gasteiger partial charge in [-0.05, 0) is 30.5 Å². The number of hydrogen-bond donors (Lipinski definition) is 3. The number of aromatic nitrogens is 2. The van der Waals surface area contributed by atoms with E-state index in [1.807, 2.05) is 0 Å². The highest BCUT2D eigenvalue weighted by molar-refractivity contribution is 5.49. The number of halogens is 2. The maximum Gasteiger partial charge on any atom is 0.330 e. The molecule has 2 aliphatic rings. The lowest BCUT2D eigenvalue weighted by atomic mass is 9.92. The lowest BCUT2D eigenvalue weighted by molar-refractivity contribution is 0.273. The van der Waals surface area contributed by atoms with Gasteiger partial charge in [0, 0.05) is 18.0 Å². The van der Waals surface area contributed by atoms with Crippen molar-refractivity contribution >= 4 is 5.82 Å². The Balaban J connectivity index is 1.73. The van der Waals surface area contributed by atoms with Crippen LogP contribution in [0.1, 0.15) is 60.9 Å². The maximum atomic E-state index is 15.0. The largest absolute Gasteiger partial charge is 0.392 e. The molecule has 2 aromatic rings. The third-order valence-electron chi connectivity index (χ3n) is 5.81. The molecule has 1 aliphatic carbocycles. The number of H-pyrrole nitrogens is 1. The molecule has 1 aliphatic heterocycles. The van der Waals surface area contributed by atoms with Gasteiger partial charge in [0.15, 0.2) is 0 Å². The predicted molar refractivity (Wildman–Crippen MR) is 101 cm³/mol. The number of nitrogens with zero attached hydrogens (tertiary/aromatic N) is 1. The Morgan fingerprint density at radius 1 is 1.18 bits per heavy atom. The van der Waals surface area contributed by atoms with Gasteiger partial charge in [0.2, 0.25) is 0 Å². The van der Waals surface area contributed by atoms with Crippen LogP contribution in [0.3, 0.4) is 0 Å². The average molecular weight is 391 g/mol. The summed E-state index contributed by atoms with van der Waals surface area (Å²) >= 11 is 0. The van der Waals surface area contributed by atoms with Crippen molar-refractivity contribution in [3.8, 4) is 0 Å². The fourth-order valence-corrected chi connectivity index (χ4v) is 4.33. The van der Waals surface area contributed by atoms with Crippen molar-refractivity contribution in [3.05, 3.63) is 61.5 Å². The molecule has 0 amide bonds. The minimum Gasteiger partial charge on any atom is -0.392 e. The van der Waals surface area contributed by atoms with Crippen molar-refractivity contribution < 1.29 is 13.9 Å². The SMILES string of the molecule is O=c1[nH]c2c(c(=O)n1C1CCCCC1)C[C@@H](F)[C@H](c1cc(CO)ccc1F)N2. The first-order valence-electron chi connectivity index (χ1n) is 9.67. The molecule has 150 valence electrons. The van der Waals surface area contributed by atoms with E-state index in [-0.39, 0.29) is 36.0 Å². The van der Waals surface area contributed by atoms with Gasteiger partial charge in [-0.25, -0.2) is 13.6 Å². The summed E-state index contributed by atoms with van der Waals surface area (Å²) < 4.78 is 30.5. The van der Waals surface area contributed by atoms with Crippen LogP contribution in [0.4, 0.5) is 14.6 Å². The lowest BCUT2D eigenvalue weighted by Crippen LogP contribution is -2.44. The predicted octanol–water partition coefficient (Wildman–Crippen LogP) is 2.72. The van der Waals surface area contributed by atoms with Crippen molar-refractivity contribution in [3.63, 3.8) is 0 Å². The first-order valence-corrected chi connectivity index (χ1v) is 9.67. The molecule has 3 N–H and O–H groups in total. The van der Waals surface area contributed by atoms with Crippen LogP contribution in [0.15, 0.2) is 27.8 Å². The number of benzene rings is 1. The normalized spacial score (nSPS) is 22.5. The van der Waals surface area contributed by atoms with Crippen molar-refractivity contribution in [1.82, 2.24) is 9.55 Å². The third kappa shape index (κ3) is 3.26. The number of alkyl halides is 1. The molecule has 6 nitrogen and oxygen atoms in total. The Morgan fingerprint density at radius 3 is 2.64 bits per heavy atom. The minimum atomic E-state index is -1.55. The maximum absolute atomic E-state index is 15.0. The van der Waals surface area contributed by atoms with Gasteiger partial charge in [-0.3, -0.25) is 14.3 Å². The van der Waals surface area contributed by atoms with Gasteiger partial charge in [0.25, 0.3) is 5.56 Å². The van der Waals surface area contributed by atoms with Crippen LogP contribution in [0.5, 0.6) is 0 Å². The van der Waals surface area contributed by atoms with Crippen molar-refractivity contribution in [2.45, 2.75) is 63.4 Å². The van der Waals surface area contributed by atoms with Crippen molar-refractivity contribution in [2.24, 2.45) is 0 Å². The van der Waals surface area contributed by atoms with E-state index in [1.165, 1.54) is 22.8 Å². The quantitative estimate of drug-likeness (QED) is 0.751. The number of fused-ring (bicyclic) bond motifs is 1. The van der Waals surface area contributed by atoms with E-state index >= 15 is 0 Å². The van der Waals surface area contributed by atoms with Gasteiger partial charge in [0.05, 0.1) is 18.2 Å². The number of aromatic amines is 1. The summed E-state index contributed by atoms with van der Waals surface area (Å²) in [6, 6.07) is 2.78. The Hall–Kier alpha value is -2.48. The van der Waals surface area contributed by atoms with Crippen LogP contribution in [-0.4, -0.2) is 20.8 Å². The second-order valence-electron chi connectivity index (χ2n) is 7.61. The fraction of sp³-hybridized carbons (Fsp3) is 0.500. The molecule has 0 saturated heterocycles. The Morgan fingerprint density at radius 2 is 1.93 bits per heavy atom. The standard InChI is InChI=1S/C20H23F2N3O3/c21-15-7-6-11(10-26)8-13(15)17-16(22)9-14-18(23-17)24-20(28)25(19(14)27)12-4-2-1-3-5-12/h6-8,12,16-17,23,26H,1-5,9-10H2,(H,24,28)/t16-,17+/m1/s1. The van der Waals surface area contributed by atoms with Gasteiger partial charge >= 0.3 is 5.69 Å². The monoisotopic (exact) mass is 391 g/mol. The molecular weight excluding hydrogens is 368 g/mol. The van der Waals surface area contributed by atoms with E-state index in [2.05, 4.69) is 10.3 Å². The summed E-state index contributed by atoms with van der Waals surface area (Å²) in [5.41, 5.74) is -0.292. The fourth-order valence-electron chi connectivity index (χ4n) is 4.33. The van der Waals surface area contributed by atoms with E-state index in [4.69, 9.17) is 0 Å². The zero-order chi connectivity index (χ0) is 19.8. The van der Waals surface area contributed by atoms with Crippen LogP contribution in [0, 0.1) is 5.82 Å². The van der Waals surface area contributed by atoms with Crippen LogP contribution in [-0.2, 0) is 13.0 Å². The average Bonchev–Trinajstić information content (AvgIpc) is 2.70. The van der Waals surface area contributed by atoms with Crippen LogP contribution >= 0.6 is 0 Å². The van der Waals surface area contributed by atoms with Gasteiger partial charge in [-0.1, -0.05) is 25.3 Å². The summed E-state index contributed by atoms with van der Waals surface area (Å²) in [6.45, 7) is -0.295. The number of aliphatic hydroxyl groups excluding tert-OH is 1. The number of nitrogens with one attached hydrogen (secondary N) is 2. The molecule has 8 heteroatoms. The molecule has 1 fully saturated rings. The zero-order valence-electron chi connectivity index (χ0n) is 15.4. The Labute approximate surface area is 160 Å². The highest BCUT2D eigenvalue weighted by atomic mass is 19.1. The van der Waals surface area contributed by atoms with E-state index < -0.39 is 29.3 Å². The van der Waals surface area contributed by atoms with Crippen LogP contribution < -0.4 is 16.6 Å². The van der Waals surface area contributed by atoms with Gasteiger partial charge < -0.3 is 10.4 Å². The second kappa shape index (κ2) is 7.50. The minimum absolute atomic E-state index is 0.0574. The first-order chi connectivity index (χ1) is 13.5. The molecule has 1 saturated carbocycles. The summed E-state index contributed by atoms with van der Waals surface area (Å²) in [6.07, 6.45) is 2.77. The molecule has 1 aromatic carbocycles. The second-order valence-corrected chi connectivity index (χ2v) is 7.61. The number of hydrogen-bond acceptors (Lipinski definition) is 4. The lowest BCUT2D eigenvalue weighted by Gasteiger charge is -2.31. The topological polar surface area (TPSA) is 87.1 Å². The van der Waals surface area contributed by atoms with Crippen molar-refractivity contribution in [2.75, 3.05) is 5.32 Å². The van der Waals surface area contributed by atoms with Crippen LogP contribution in [0.2, 0.25) is 0 Å². The summed E-state index contributed by atoms with van der Waals surface area (Å²) in [4.78, 5) is 28.1. The number of anilines is 1. The van der Waals surface area contributed by atoms with E-state index in [1.54, 1.807) is 0 Å². The number of rotatable bonds is 3. The highest BCUT2D eigenvalue weighted by Gasteiger charge is 2.34. The van der Waals surface area contributed by atoms with E-state index in [9.17, 15) is 23.5 Å². The molecule has 0 unspecified atom stereocenters. The number of aliphatic hydroxyl groups is 1. The van der Waals surface area contributed by atoms with Crippen LogP contribution in [0.25, 0.3) is 0 Å². The Bertz CT molecular complexity index is 995. The molecule has 0 bridgehead atoms. The smallest absolute Gasteiger partial charge is 0.330 e. The third-order valence-corrected chi connectivity index (χ3v) is 5.81. The molecule has 28 heavy (non-hydrogen) atoms. The Kier molecular flexibility index (Phi) is 5.05. The van der Waals surface area contributed by atoms with Gasteiger partial charge in [-0.2, -0.15) is 0 Å². The molecule has 0 spiro atoms. The highest BCUT2D eigenvalue weighted by Crippen LogP contribution is 2.34. The van der Waals surface area contributed by atoms with E-state index in [0.717, 1.165) is 32.1 Å². The molecule has 1 aromatic heterocycles. The van der Waals surface area contributed by atoms with Gasteiger partial charge in [-0.15, -0.1) is 0 Å². The van der Waals surface area contributed by atoms with Gasteiger partial charge in [0.1, 0.15) is 17.8 Å². The summed E-state index contributed by atoms with van der Waals surface area (Å²) in [5, 5.41) is 12.1. The zero-order valence-corrected chi connectivity index (χ0v) is 15.4. The summed E-state index contributed by atoms with van der Waals surface area (Å²) in [5.74, 6) is -0.464. The van der Waals surface area contributed by atoms with E-state index in [0.29, 0.717) is 5.56 Å². The first kappa shape index (κ1) is 18.9. The molecule has 0 radical (unpaired) electrons. The molecule has 4 rings (SSSR count). The van der Waals surface area contributed by atoms with Crippen molar-refractivity contribution in [1.29, 1.82) is 0 Å². The molecule has 2 heterocycles. The molecular formula is C20H23F2N3O3.